The van der Waals surface area contributed by atoms with Crippen molar-refractivity contribution in [3.63, 3.8) is 0 Å². The molecule has 6 heteroatoms. The van der Waals surface area contributed by atoms with Gasteiger partial charge in [0, 0.05) is 12.8 Å². The predicted octanol–water partition coefficient (Wildman–Crippen LogP) is 20.2. The quantitative estimate of drug-likeness (QED) is 0.0320. The van der Waals surface area contributed by atoms with Gasteiger partial charge in [-0.3, -0.25) is 9.59 Å². The van der Waals surface area contributed by atoms with Crippen LogP contribution in [0.25, 0.3) is 0 Å². The third-order valence-electron chi connectivity index (χ3n) is 15.0. The standard InChI is InChI=1S/C65H125NO5/c1-3-5-7-9-11-13-15-17-18-19-20-21-24-27-30-34-37-41-45-49-53-57-63(68)62(61-67)66-64(69)58-54-50-46-42-38-35-31-28-25-22-23-26-29-32-36-40-44-48-52-56-60-71-65(70)59-55-51-47-43-39-33-16-14-12-10-8-6-4-2/h8,10,14,16,62-63,67-68H,3-7,9,11-13,15,17-61H2,1-2H3,(H,66,69)/b10-8-,16-14-. The summed E-state index contributed by atoms with van der Waals surface area (Å²) in [7, 11) is 0. The maximum atomic E-state index is 12.5. The summed E-state index contributed by atoms with van der Waals surface area (Å²) in [6.45, 7) is 4.91. The number of hydrogen-bond acceptors (Lipinski definition) is 5. The minimum absolute atomic E-state index is 0.00406. The molecule has 420 valence electrons. The summed E-state index contributed by atoms with van der Waals surface area (Å²) < 4.78 is 5.47. The van der Waals surface area contributed by atoms with Gasteiger partial charge in [-0.15, -0.1) is 0 Å². The van der Waals surface area contributed by atoms with Crippen molar-refractivity contribution in [1.82, 2.24) is 5.32 Å². The van der Waals surface area contributed by atoms with Crippen LogP contribution < -0.4 is 5.32 Å². The Morgan fingerprint density at radius 2 is 0.732 bits per heavy atom. The summed E-state index contributed by atoms with van der Waals surface area (Å²) in [6.07, 6.45) is 74.8. The van der Waals surface area contributed by atoms with E-state index in [0.29, 0.717) is 25.9 Å². The van der Waals surface area contributed by atoms with E-state index in [1.807, 2.05) is 0 Å². The highest BCUT2D eigenvalue weighted by Crippen LogP contribution is 2.18. The maximum Gasteiger partial charge on any atom is 0.305 e. The number of amides is 1. The highest BCUT2D eigenvalue weighted by molar-refractivity contribution is 5.76. The number of ether oxygens (including phenoxy) is 1. The molecule has 0 rings (SSSR count). The van der Waals surface area contributed by atoms with Crippen molar-refractivity contribution in [2.75, 3.05) is 13.2 Å². The fourth-order valence-corrected chi connectivity index (χ4v) is 10.1. The Kier molecular flexibility index (Phi) is 59.5. The topological polar surface area (TPSA) is 95.9 Å². The number of aliphatic hydroxyl groups is 2. The first-order valence-corrected chi connectivity index (χ1v) is 32.1. The number of esters is 1. The monoisotopic (exact) mass is 1000 g/mol. The zero-order chi connectivity index (χ0) is 51.4. The molecular formula is C65H125NO5. The molecule has 0 saturated heterocycles. The lowest BCUT2D eigenvalue weighted by Crippen LogP contribution is -2.45. The van der Waals surface area contributed by atoms with Crippen LogP contribution in [0.2, 0.25) is 0 Å². The summed E-state index contributed by atoms with van der Waals surface area (Å²) in [6, 6.07) is -0.544. The van der Waals surface area contributed by atoms with E-state index >= 15 is 0 Å². The first kappa shape index (κ1) is 69.3. The SMILES string of the molecule is CCC/C=C\C/C=C\CCCCCCCC(=O)OCCCCCCCCCCCCCCCCCCCCCCC(=O)NC(CO)C(O)CCCCCCCCCCCCCCCCCCCCCCC. The van der Waals surface area contributed by atoms with Crippen LogP contribution in [0.3, 0.4) is 0 Å². The van der Waals surface area contributed by atoms with Crippen LogP contribution in [-0.2, 0) is 14.3 Å². The molecule has 0 heterocycles. The molecule has 0 aromatic heterocycles. The van der Waals surface area contributed by atoms with Gasteiger partial charge in [0.05, 0.1) is 25.4 Å². The van der Waals surface area contributed by atoms with E-state index in [9.17, 15) is 19.8 Å². The number of hydrogen-bond donors (Lipinski definition) is 3. The van der Waals surface area contributed by atoms with Crippen molar-refractivity contribution >= 4 is 11.9 Å². The summed E-state index contributed by atoms with van der Waals surface area (Å²) >= 11 is 0. The molecule has 0 radical (unpaired) electrons. The Labute approximate surface area is 443 Å². The van der Waals surface area contributed by atoms with E-state index in [4.69, 9.17) is 4.74 Å². The molecule has 0 aliphatic rings. The summed E-state index contributed by atoms with van der Waals surface area (Å²) in [5.41, 5.74) is 0. The number of carbonyl (C=O) groups is 2. The molecule has 0 saturated carbocycles. The van der Waals surface area contributed by atoms with Crippen LogP contribution in [0.1, 0.15) is 354 Å². The van der Waals surface area contributed by atoms with Gasteiger partial charge >= 0.3 is 5.97 Å². The van der Waals surface area contributed by atoms with Crippen LogP contribution in [-0.4, -0.2) is 47.4 Å². The maximum absolute atomic E-state index is 12.5. The molecule has 0 fully saturated rings. The summed E-state index contributed by atoms with van der Waals surface area (Å²) in [4.78, 5) is 24.6. The van der Waals surface area contributed by atoms with Crippen molar-refractivity contribution in [1.29, 1.82) is 0 Å². The first-order chi connectivity index (χ1) is 35.0. The summed E-state index contributed by atoms with van der Waals surface area (Å²) in [5.74, 6) is -0.0375. The van der Waals surface area contributed by atoms with Crippen molar-refractivity contribution in [2.24, 2.45) is 0 Å². The molecule has 0 aliphatic carbocycles. The first-order valence-electron chi connectivity index (χ1n) is 32.1. The van der Waals surface area contributed by atoms with E-state index in [1.54, 1.807) is 0 Å². The van der Waals surface area contributed by atoms with Crippen LogP contribution >= 0.6 is 0 Å². The molecule has 0 aromatic rings. The second-order valence-corrected chi connectivity index (χ2v) is 22.1. The van der Waals surface area contributed by atoms with Crippen LogP contribution in [0, 0.1) is 0 Å². The molecule has 0 bridgehead atoms. The van der Waals surface area contributed by atoms with E-state index in [1.165, 1.54) is 270 Å². The zero-order valence-electron chi connectivity index (χ0n) is 48.0. The molecule has 3 N–H and O–H groups in total. The molecule has 2 unspecified atom stereocenters. The van der Waals surface area contributed by atoms with E-state index in [-0.39, 0.29) is 18.5 Å². The molecule has 2 atom stereocenters. The van der Waals surface area contributed by atoms with Gasteiger partial charge < -0.3 is 20.3 Å². The lowest BCUT2D eigenvalue weighted by Gasteiger charge is -2.22. The Balaban J connectivity index is 3.40. The number of nitrogens with one attached hydrogen (secondary N) is 1. The fraction of sp³-hybridized carbons (Fsp3) is 0.908. The van der Waals surface area contributed by atoms with E-state index in [2.05, 4.69) is 43.5 Å². The third kappa shape index (κ3) is 57.5. The zero-order valence-corrected chi connectivity index (χ0v) is 48.0. The molecule has 0 aliphatic heterocycles. The van der Waals surface area contributed by atoms with Gasteiger partial charge in [-0.05, 0) is 51.4 Å². The van der Waals surface area contributed by atoms with Gasteiger partial charge in [-0.1, -0.05) is 314 Å². The number of allylic oxidation sites excluding steroid dienone is 4. The Hall–Kier alpha value is -1.66. The smallest absolute Gasteiger partial charge is 0.305 e. The molecule has 0 spiro atoms. The largest absolute Gasteiger partial charge is 0.466 e. The molecule has 1 amide bonds. The Morgan fingerprint density at radius 1 is 0.394 bits per heavy atom. The minimum Gasteiger partial charge on any atom is -0.466 e. The second kappa shape index (κ2) is 60.9. The van der Waals surface area contributed by atoms with Crippen LogP contribution in [0.4, 0.5) is 0 Å². The highest BCUT2D eigenvalue weighted by atomic mass is 16.5. The van der Waals surface area contributed by atoms with Crippen molar-refractivity contribution < 1.29 is 24.5 Å². The number of rotatable bonds is 60. The Morgan fingerprint density at radius 3 is 1.13 bits per heavy atom. The number of unbranched alkanes of at least 4 members (excludes halogenated alkanes) is 45. The normalized spacial score (nSPS) is 12.7. The van der Waals surface area contributed by atoms with Gasteiger partial charge in [-0.25, -0.2) is 0 Å². The van der Waals surface area contributed by atoms with Crippen LogP contribution in [0.5, 0.6) is 0 Å². The fourth-order valence-electron chi connectivity index (χ4n) is 10.1. The molecular weight excluding hydrogens is 875 g/mol. The van der Waals surface area contributed by atoms with E-state index < -0.39 is 12.1 Å². The van der Waals surface area contributed by atoms with Crippen LogP contribution in [0.15, 0.2) is 24.3 Å². The van der Waals surface area contributed by atoms with E-state index in [0.717, 1.165) is 51.4 Å². The molecule has 6 nitrogen and oxygen atoms in total. The van der Waals surface area contributed by atoms with Crippen molar-refractivity contribution in [2.45, 2.75) is 366 Å². The average molecular weight is 1000 g/mol. The third-order valence-corrected chi connectivity index (χ3v) is 15.0. The summed E-state index contributed by atoms with van der Waals surface area (Å²) in [5, 5.41) is 23.4. The molecule has 71 heavy (non-hydrogen) atoms. The Bertz CT molecular complexity index is 1110. The second-order valence-electron chi connectivity index (χ2n) is 22.1. The van der Waals surface area contributed by atoms with Gasteiger partial charge in [-0.2, -0.15) is 0 Å². The minimum atomic E-state index is -0.667. The lowest BCUT2D eigenvalue weighted by molar-refractivity contribution is -0.143. The van der Waals surface area contributed by atoms with Gasteiger partial charge in [0.25, 0.3) is 0 Å². The predicted molar refractivity (Wildman–Crippen MR) is 310 cm³/mol. The van der Waals surface area contributed by atoms with Gasteiger partial charge in [0.15, 0.2) is 0 Å². The number of aliphatic hydroxyl groups excluding tert-OH is 2. The highest BCUT2D eigenvalue weighted by Gasteiger charge is 2.20. The van der Waals surface area contributed by atoms with Gasteiger partial charge in [0.2, 0.25) is 5.91 Å². The average Bonchev–Trinajstić information content (AvgIpc) is 3.37. The number of carbonyl (C=O) groups excluding carboxylic acids is 2. The van der Waals surface area contributed by atoms with Gasteiger partial charge in [0.1, 0.15) is 0 Å². The molecule has 0 aromatic carbocycles. The van der Waals surface area contributed by atoms with Crippen molar-refractivity contribution in [3.05, 3.63) is 24.3 Å². The van der Waals surface area contributed by atoms with Crippen molar-refractivity contribution in [3.8, 4) is 0 Å². The lowest BCUT2D eigenvalue weighted by atomic mass is 10.0.